The van der Waals surface area contributed by atoms with Gasteiger partial charge in [-0.3, -0.25) is 4.79 Å². The van der Waals surface area contributed by atoms with Gasteiger partial charge in [-0.25, -0.2) is 0 Å². The van der Waals surface area contributed by atoms with Gasteiger partial charge in [0, 0.05) is 12.2 Å². The monoisotopic (exact) mass is 314 g/mol. The second-order valence-electron chi connectivity index (χ2n) is 5.16. The molecule has 0 bridgehead atoms. The number of ether oxygens (including phenoxy) is 1. The van der Waals surface area contributed by atoms with Gasteiger partial charge < -0.3 is 20.5 Å². The first-order chi connectivity index (χ1) is 11.2. The van der Waals surface area contributed by atoms with Gasteiger partial charge in [-0.1, -0.05) is 24.3 Å². The largest absolute Gasteiger partial charge is 0.497 e. The maximum absolute atomic E-state index is 11.8. The van der Waals surface area contributed by atoms with E-state index in [4.69, 9.17) is 9.84 Å². The van der Waals surface area contributed by atoms with Crippen LogP contribution in [-0.4, -0.2) is 31.2 Å². The molecule has 0 aliphatic rings. The highest BCUT2D eigenvalue weighted by Crippen LogP contribution is 2.11. The van der Waals surface area contributed by atoms with E-state index in [1.807, 2.05) is 48.5 Å². The van der Waals surface area contributed by atoms with Crippen LogP contribution in [-0.2, 0) is 17.8 Å². The van der Waals surface area contributed by atoms with Crippen molar-refractivity contribution >= 4 is 11.6 Å². The van der Waals surface area contributed by atoms with Gasteiger partial charge in [0.05, 0.1) is 20.3 Å². The molecule has 5 nitrogen and oxygen atoms in total. The van der Waals surface area contributed by atoms with Crippen molar-refractivity contribution in [2.24, 2.45) is 0 Å². The Morgan fingerprint density at radius 3 is 2.61 bits per heavy atom. The molecule has 0 atom stereocenters. The summed E-state index contributed by atoms with van der Waals surface area (Å²) in [5.41, 5.74) is 2.78. The third-order valence-corrected chi connectivity index (χ3v) is 3.46. The molecular weight excluding hydrogens is 292 g/mol. The number of benzene rings is 2. The summed E-state index contributed by atoms with van der Waals surface area (Å²) in [6, 6.07) is 15.2. The third kappa shape index (κ3) is 5.64. The Balaban J connectivity index is 1.70. The zero-order valence-electron chi connectivity index (χ0n) is 13.2. The van der Waals surface area contributed by atoms with Crippen molar-refractivity contribution in [1.29, 1.82) is 0 Å². The summed E-state index contributed by atoms with van der Waals surface area (Å²) >= 11 is 0. The standard InChI is InChI=1S/C18H22N2O3/c1-23-17-7-5-14(6-8-17)9-10-19-18(22)12-20-16-4-2-3-15(11-16)13-21/h2-8,11,20-21H,9-10,12-13H2,1H3,(H,19,22). The summed E-state index contributed by atoms with van der Waals surface area (Å²) in [5, 5.41) is 15.0. The molecule has 0 spiro atoms. The van der Waals surface area contributed by atoms with Gasteiger partial charge in [0.2, 0.25) is 5.91 Å². The lowest BCUT2D eigenvalue weighted by atomic mass is 10.1. The zero-order chi connectivity index (χ0) is 16.5. The van der Waals surface area contributed by atoms with E-state index in [-0.39, 0.29) is 19.1 Å². The maximum Gasteiger partial charge on any atom is 0.239 e. The molecule has 0 aliphatic carbocycles. The van der Waals surface area contributed by atoms with Gasteiger partial charge in [-0.15, -0.1) is 0 Å². The van der Waals surface area contributed by atoms with Crippen molar-refractivity contribution in [2.75, 3.05) is 25.5 Å². The minimum absolute atomic E-state index is 0.0103. The maximum atomic E-state index is 11.8. The van der Waals surface area contributed by atoms with E-state index in [1.165, 1.54) is 0 Å². The number of methoxy groups -OCH3 is 1. The normalized spacial score (nSPS) is 10.2. The van der Waals surface area contributed by atoms with Crippen molar-refractivity contribution in [2.45, 2.75) is 13.0 Å². The van der Waals surface area contributed by atoms with E-state index in [2.05, 4.69) is 10.6 Å². The highest BCUT2D eigenvalue weighted by molar-refractivity contribution is 5.80. The Morgan fingerprint density at radius 1 is 1.13 bits per heavy atom. The highest BCUT2D eigenvalue weighted by Gasteiger charge is 2.02. The molecule has 0 heterocycles. The second-order valence-corrected chi connectivity index (χ2v) is 5.16. The summed E-state index contributed by atoms with van der Waals surface area (Å²) in [7, 11) is 1.64. The SMILES string of the molecule is COc1ccc(CCNC(=O)CNc2cccc(CO)c2)cc1. The molecule has 23 heavy (non-hydrogen) atoms. The lowest BCUT2D eigenvalue weighted by Crippen LogP contribution is -2.31. The van der Waals surface area contributed by atoms with Crippen LogP contribution in [0.5, 0.6) is 5.75 Å². The minimum Gasteiger partial charge on any atom is -0.497 e. The van der Waals surface area contributed by atoms with Gasteiger partial charge in [-0.2, -0.15) is 0 Å². The Morgan fingerprint density at radius 2 is 1.91 bits per heavy atom. The van der Waals surface area contributed by atoms with Crippen molar-refractivity contribution in [3.8, 4) is 5.75 Å². The first-order valence-electron chi connectivity index (χ1n) is 7.54. The first-order valence-corrected chi connectivity index (χ1v) is 7.54. The second kappa shape index (κ2) is 8.80. The third-order valence-electron chi connectivity index (χ3n) is 3.46. The summed E-state index contributed by atoms with van der Waals surface area (Å²) < 4.78 is 5.11. The van der Waals surface area contributed by atoms with Gasteiger partial charge in [-0.05, 0) is 41.8 Å². The van der Waals surface area contributed by atoms with E-state index in [0.717, 1.165) is 29.0 Å². The molecule has 2 aromatic rings. The number of rotatable bonds is 8. The van der Waals surface area contributed by atoms with Crippen LogP contribution in [0.4, 0.5) is 5.69 Å². The summed E-state index contributed by atoms with van der Waals surface area (Å²) in [6.07, 6.45) is 0.774. The van der Waals surface area contributed by atoms with Gasteiger partial charge >= 0.3 is 0 Å². The Bertz CT molecular complexity index is 626. The van der Waals surface area contributed by atoms with E-state index in [1.54, 1.807) is 7.11 Å². The number of hydrogen-bond acceptors (Lipinski definition) is 4. The number of aliphatic hydroxyl groups is 1. The van der Waals surface area contributed by atoms with E-state index in [0.29, 0.717) is 6.54 Å². The zero-order valence-corrected chi connectivity index (χ0v) is 13.2. The van der Waals surface area contributed by atoms with Gasteiger partial charge in [0.15, 0.2) is 0 Å². The molecule has 3 N–H and O–H groups in total. The summed E-state index contributed by atoms with van der Waals surface area (Å²) in [5.74, 6) is 0.764. The molecule has 0 aromatic heterocycles. The fourth-order valence-electron chi connectivity index (χ4n) is 2.16. The van der Waals surface area contributed by atoms with Gasteiger partial charge in [0.1, 0.15) is 5.75 Å². The number of nitrogens with one attached hydrogen (secondary N) is 2. The Labute approximate surface area is 136 Å². The van der Waals surface area contributed by atoms with Crippen LogP contribution >= 0.6 is 0 Å². The van der Waals surface area contributed by atoms with Crippen LogP contribution in [0.15, 0.2) is 48.5 Å². The van der Waals surface area contributed by atoms with Crippen LogP contribution in [0.1, 0.15) is 11.1 Å². The fourth-order valence-corrected chi connectivity index (χ4v) is 2.16. The quantitative estimate of drug-likeness (QED) is 0.696. The van der Waals surface area contributed by atoms with E-state index in [9.17, 15) is 4.79 Å². The van der Waals surface area contributed by atoms with Crippen LogP contribution in [0.3, 0.4) is 0 Å². The Kier molecular flexibility index (Phi) is 6.44. The van der Waals surface area contributed by atoms with E-state index < -0.39 is 0 Å². The number of carbonyl (C=O) groups excluding carboxylic acids is 1. The van der Waals surface area contributed by atoms with E-state index >= 15 is 0 Å². The smallest absolute Gasteiger partial charge is 0.239 e. The molecule has 2 aromatic carbocycles. The highest BCUT2D eigenvalue weighted by atomic mass is 16.5. The molecule has 0 fully saturated rings. The van der Waals surface area contributed by atoms with Crippen LogP contribution in [0.2, 0.25) is 0 Å². The van der Waals surface area contributed by atoms with Crippen molar-refractivity contribution < 1.29 is 14.6 Å². The minimum atomic E-state index is -0.0621. The molecule has 0 radical (unpaired) electrons. The number of carbonyl (C=O) groups is 1. The van der Waals surface area contributed by atoms with Crippen molar-refractivity contribution in [3.63, 3.8) is 0 Å². The number of amides is 1. The number of anilines is 1. The topological polar surface area (TPSA) is 70.6 Å². The molecule has 5 heteroatoms. The number of hydrogen-bond donors (Lipinski definition) is 3. The van der Waals surface area contributed by atoms with Crippen LogP contribution in [0.25, 0.3) is 0 Å². The number of aliphatic hydroxyl groups excluding tert-OH is 1. The first kappa shape index (κ1) is 16.8. The molecule has 0 saturated carbocycles. The summed E-state index contributed by atoms with van der Waals surface area (Å²) in [4.78, 5) is 11.8. The summed E-state index contributed by atoms with van der Waals surface area (Å²) in [6.45, 7) is 0.782. The lowest BCUT2D eigenvalue weighted by Gasteiger charge is -2.09. The fraction of sp³-hybridized carbons (Fsp3) is 0.278. The van der Waals surface area contributed by atoms with Crippen molar-refractivity contribution in [1.82, 2.24) is 5.32 Å². The van der Waals surface area contributed by atoms with Crippen molar-refractivity contribution in [3.05, 3.63) is 59.7 Å². The predicted octanol–water partition coefficient (Wildman–Crippen LogP) is 1.96. The predicted molar refractivity (Wildman–Crippen MR) is 90.6 cm³/mol. The van der Waals surface area contributed by atoms with Crippen LogP contribution < -0.4 is 15.4 Å². The lowest BCUT2D eigenvalue weighted by molar-refractivity contribution is -0.119. The average Bonchev–Trinajstić information content (AvgIpc) is 2.61. The molecule has 2 rings (SSSR count). The molecule has 0 saturated heterocycles. The molecule has 0 unspecified atom stereocenters. The van der Waals surface area contributed by atoms with Gasteiger partial charge in [0.25, 0.3) is 0 Å². The molecular formula is C18H22N2O3. The average molecular weight is 314 g/mol. The molecule has 1 amide bonds. The Hall–Kier alpha value is -2.53. The molecule has 122 valence electrons. The van der Waals surface area contributed by atoms with Crippen LogP contribution in [0, 0.1) is 0 Å². The molecule has 0 aliphatic heterocycles.